The standard InChI is InChI=1S/C12H20O3Si/c1-10-7-6-8-12(9-10)11(2)16(13-3,14-4)15-5/h6-9,11H,1-5H3. The molecule has 0 aromatic heterocycles. The van der Waals surface area contributed by atoms with Crippen molar-refractivity contribution in [1.29, 1.82) is 0 Å². The highest BCUT2D eigenvalue weighted by molar-refractivity contribution is 6.62. The van der Waals surface area contributed by atoms with E-state index in [-0.39, 0.29) is 5.54 Å². The summed E-state index contributed by atoms with van der Waals surface area (Å²) in [5.74, 6) is 0. The first-order valence-electron chi connectivity index (χ1n) is 5.31. The van der Waals surface area contributed by atoms with Crippen molar-refractivity contribution in [1.82, 2.24) is 0 Å². The lowest BCUT2D eigenvalue weighted by Gasteiger charge is -2.30. The van der Waals surface area contributed by atoms with Crippen LogP contribution in [0, 0.1) is 6.92 Å². The summed E-state index contributed by atoms with van der Waals surface area (Å²) in [6, 6.07) is 8.34. The van der Waals surface area contributed by atoms with Gasteiger partial charge in [-0.1, -0.05) is 36.8 Å². The average molecular weight is 240 g/mol. The Labute approximate surface area is 98.7 Å². The van der Waals surface area contributed by atoms with Gasteiger partial charge in [0, 0.05) is 21.3 Å². The molecule has 0 amide bonds. The van der Waals surface area contributed by atoms with Crippen LogP contribution < -0.4 is 0 Å². The molecule has 0 fully saturated rings. The minimum Gasteiger partial charge on any atom is -0.376 e. The first kappa shape index (κ1) is 13.4. The molecule has 0 radical (unpaired) electrons. The van der Waals surface area contributed by atoms with Gasteiger partial charge in [0.25, 0.3) is 0 Å². The minimum absolute atomic E-state index is 0.132. The molecule has 0 bridgehead atoms. The highest BCUT2D eigenvalue weighted by Gasteiger charge is 2.45. The second-order valence-electron chi connectivity index (χ2n) is 3.85. The van der Waals surface area contributed by atoms with Gasteiger partial charge in [-0.05, 0) is 12.5 Å². The van der Waals surface area contributed by atoms with E-state index in [2.05, 4.69) is 32.0 Å². The van der Waals surface area contributed by atoms with E-state index in [9.17, 15) is 0 Å². The van der Waals surface area contributed by atoms with Crippen molar-refractivity contribution < 1.29 is 13.3 Å². The molecule has 0 aliphatic carbocycles. The molecule has 1 rings (SSSR count). The normalized spacial score (nSPS) is 13.8. The number of benzene rings is 1. The van der Waals surface area contributed by atoms with Crippen molar-refractivity contribution in [3.63, 3.8) is 0 Å². The van der Waals surface area contributed by atoms with Gasteiger partial charge in [-0.25, -0.2) is 0 Å². The van der Waals surface area contributed by atoms with Gasteiger partial charge in [0.05, 0.1) is 5.54 Å². The van der Waals surface area contributed by atoms with Crippen molar-refractivity contribution in [2.24, 2.45) is 0 Å². The molecular formula is C12H20O3Si. The van der Waals surface area contributed by atoms with Crippen LogP contribution in [-0.2, 0) is 13.3 Å². The van der Waals surface area contributed by atoms with E-state index in [4.69, 9.17) is 13.3 Å². The van der Waals surface area contributed by atoms with E-state index >= 15 is 0 Å². The Morgan fingerprint density at radius 1 is 1.06 bits per heavy atom. The lowest BCUT2D eigenvalue weighted by molar-refractivity contribution is 0.114. The maximum Gasteiger partial charge on any atom is 0.507 e. The number of hydrogen-bond donors (Lipinski definition) is 0. The van der Waals surface area contributed by atoms with Gasteiger partial charge in [-0.2, -0.15) is 0 Å². The van der Waals surface area contributed by atoms with E-state index in [0.717, 1.165) is 0 Å². The smallest absolute Gasteiger partial charge is 0.376 e. The van der Waals surface area contributed by atoms with Crippen LogP contribution in [0.2, 0.25) is 0 Å². The molecule has 0 N–H and O–H groups in total. The van der Waals surface area contributed by atoms with Crippen LogP contribution >= 0.6 is 0 Å². The van der Waals surface area contributed by atoms with Gasteiger partial charge >= 0.3 is 8.80 Å². The highest BCUT2D eigenvalue weighted by Crippen LogP contribution is 2.28. The lowest BCUT2D eigenvalue weighted by Crippen LogP contribution is -2.48. The zero-order chi connectivity index (χ0) is 12.2. The van der Waals surface area contributed by atoms with Gasteiger partial charge in [0.15, 0.2) is 0 Å². The molecule has 3 nitrogen and oxygen atoms in total. The van der Waals surface area contributed by atoms with Crippen molar-refractivity contribution in [2.45, 2.75) is 19.4 Å². The minimum atomic E-state index is -2.58. The van der Waals surface area contributed by atoms with E-state index < -0.39 is 8.80 Å². The molecule has 16 heavy (non-hydrogen) atoms. The summed E-state index contributed by atoms with van der Waals surface area (Å²) < 4.78 is 16.5. The zero-order valence-corrected chi connectivity index (χ0v) is 11.6. The molecule has 1 unspecified atom stereocenters. The fraction of sp³-hybridized carbons (Fsp3) is 0.500. The monoisotopic (exact) mass is 240 g/mol. The SMILES string of the molecule is CO[Si](OC)(OC)C(C)c1cccc(C)c1. The van der Waals surface area contributed by atoms with Gasteiger partial charge in [-0.15, -0.1) is 0 Å². The lowest BCUT2D eigenvalue weighted by atomic mass is 10.1. The first-order valence-corrected chi connectivity index (χ1v) is 7.12. The van der Waals surface area contributed by atoms with Gasteiger partial charge < -0.3 is 13.3 Å². The van der Waals surface area contributed by atoms with Crippen LogP contribution in [0.3, 0.4) is 0 Å². The predicted molar refractivity (Wildman–Crippen MR) is 66.4 cm³/mol. The van der Waals surface area contributed by atoms with Crippen LogP contribution in [-0.4, -0.2) is 30.1 Å². The van der Waals surface area contributed by atoms with Crippen LogP contribution in [0.25, 0.3) is 0 Å². The molecular weight excluding hydrogens is 220 g/mol. The maximum atomic E-state index is 5.49. The Morgan fingerprint density at radius 2 is 1.62 bits per heavy atom. The van der Waals surface area contributed by atoms with Gasteiger partial charge in [0.1, 0.15) is 0 Å². The summed E-state index contributed by atoms with van der Waals surface area (Å²) in [6.45, 7) is 4.16. The molecule has 0 spiro atoms. The molecule has 0 saturated heterocycles. The third kappa shape index (κ3) is 2.52. The van der Waals surface area contributed by atoms with Crippen LogP contribution in [0.4, 0.5) is 0 Å². The van der Waals surface area contributed by atoms with E-state index in [1.54, 1.807) is 21.3 Å². The quantitative estimate of drug-likeness (QED) is 0.740. The zero-order valence-electron chi connectivity index (χ0n) is 10.6. The molecule has 0 aliphatic rings. The van der Waals surface area contributed by atoms with Crippen molar-refractivity contribution in [3.8, 4) is 0 Å². The molecule has 0 heterocycles. The molecule has 1 aromatic carbocycles. The Bertz CT molecular complexity index is 329. The van der Waals surface area contributed by atoms with Crippen LogP contribution in [0.1, 0.15) is 23.6 Å². The van der Waals surface area contributed by atoms with E-state index in [0.29, 0.717) is 0 Å². The Morgan fingerprint density at radius 3 is 2.06 bits per heavy atom. The van der Waals surface area contributed by atoms with E-state index in [1.807, 2.05) is 6.07 Å². The molecule has 90 valence electrons. The topological polar surface area (TPSA) is 27.7 Å². The Balaban J connectivity index is 3.03. The maximum absolute atomic E-state index is 5.49. The number of hydrogen-bond acceptors (Lipinski definition) is 3. The second-order valence-corrected chi connectivity index (χ2v) is 7.15. The summed E-state index contributed by atoms with van der Waals surface area (Å²) >= 11 is 0. The number of aryl methyl sites for hydroxylation is 1. The second kappa shape index (κ2) is 5.59. The average Bonchev–Trinajstić information content (AvgIpc) is 2.32. The first-order chi connectivity index (χ1) is 7.59. The van der Waals surface area contributed by atoms with Crippen molar-refractivity contribution in [3.05, 3.63) is 35.4 Å². The Hall–Kier alpha value is -0.683. The van der Waals surface area contributed by atoms with Gasteiger partial charge in [0.2, 0.25) is 0 Å². The third-order valence-corrected chi connectivity index (χ3v) is 6.03. The largest absolute Gasteiger partial charge is 0.507 e. The third-order valence-electron chi connectivity index (χ3n) is 2.93. The summed E-state index contributed by atoms with van der Waals surface area (Å²) in [4.78, 5) is 0. The van der Waals surface area contributed by atoms with Crippen LogP contribution in [0.5, 0.6) is 0 Å². The molecule has 0 saturated carbocycles. The van der Waals surface area contributed by atoms with Crippen LogP contribution in [0.15, 0.2) is 24.3 Å². The summed E-state index contributed by atoms with van der Waals surface area (Å²) in [7, 11) is 2.35. The Kier molecular flexibility index (Phi) is 4.67. The van der Waals surface area contributed by atoms with Crippen molar-refractivity contribution in [2.75, 3.05) is 21.3 Å². The summed E-state index contributed by atoms with van der Waals surface area (Å²) in [6.07, 6.45) is 0. The molecule has 4 heteroatoms. The summed E-state index contributed by atoms with van der Waals surface area (Å²) in [5, 5.41) is 0. The van der Waals surface area contributed by atoms with Gasteiger partial charge in [-0.3, -0.25) is 0 Å². The predicted octanol–water partition coefficient (Wildman–Crippen LogP) is 2.52. The molecule has 0 aliphatic heterocycles. The highest BCUT2D eigenvalue weighted by atomic mass is 28.4. The number of rotatable bonds is 5. The fourth-order valence-electron chi connectivity index (χ4n) is 1.92. The summed E-state index contributed by atoms with van der Waals surface area (Å²) in [5.41, 5.74) is 2.56. The molecule has 1 aromatic rings. The fourth-order valence-corrected chi connectivity index (χ4v) is 4.07. The van der Waals surface area contributed by atoms with E-state index in [1.165, 1.54) is 11.1 Å². The van der Waals surface area contributed by atoms with Crippen molar-refractivity contribution >= 4 is 8.80 Å². The molecule has 1 atom stereocenters.